The number of aromatic nitrogens is 2. The summed E-state index contributed by atoms with van der Waals surface area (Å²) in [5.41, 5.74) is 2.03. The topological polar surface area (TPSA) is 82.8 Å². The number of fused-ring (bicyclic) bond motifs is 1. The van der Waals surface area contributed by atoms with Crippen LogP contribution in [0.2, 0.25) is 0 Å². The average molecular weight is 357 g/mol. The average Bonchev–Trinajstić information content (AvgIpc) is 2.54. The van der Waals surface area contributed by atoms with Gasteiger partial charge in [0.05, 0.1) is 17.8 Å². The van der Waals surface area contributed by atoms with Crippen molar-refractivity contribution in [3.05, 3.63) is 23.8 Å². The standard InChI is InChI=1S/C8H16ClNO.C8H9N3O2/c1-8(2,3)10-4-5-11-7(9)6-10;12-8(13)11-2-1-7-6(4-11)3-9-5-10-7/h7H,4-6H2,1-3H3;3,5H,1-2,4H2,(H,12,13). The van der Waals surface area contributed by atoms with E-state index in [4.69, 9.17) is 16.3 Å². The highest BCUT2D eigenvalue weighted by Crippen LogP contribution is 2.14. The molecular weight excluding hydrogens is 332 g/mol. The lowest BCUT2D eigenvalue weighted by Gasteiger charge is -2.36. The van der Waals surface area contributed by atoms with Gasteiger partial charge in [-0.3, -0.25) is 0 Å². The second-order valence-electron chi connectivity index (χ2n) is 7.02. The second kappa shape index (κ2) is 8.09. The third-order valence-electron chi connectivity index (χ3n) is 4.29. The zero-order valence-electron chi connectivity index (χ0n) is 14.4. The van der Waals surface area contributed by atoms with Gasteiger partial charge in [-0.25, -0.2) is 9.97 Å². The second-order valence-corrected chi connectivity index (χ2v) is 7.51. The number of nitrogens with one attached hydrogen (secondary N) is 1. The number of halogens is 1. The zero-order valence-corrected chi connectivity index (χ0v) is 15.2. The molecule has 0 radical (unpaired) electrons. The van der Waals surface area contributed by atoms with Crippen molar-refractivity contribution >= 4 is 17.7 Å². The van der Waals surface area contributed by atoms with Gasteiger partial charge in [-0.05, 0) is 20.8 Å². The van der Waals surface area contributed by atoms with Crippen LogP contribution in [0.3, 0.4) is 0 Å². The molecular formula is C16H25ClN4O3. The van der Waals surface area contributed by atoms with Gasteiger partial charge in [-0.1, -0.05) is 11.6 Å². The summed E-state index contributed by atoms with van der Waals surface area (Å²) in [6.07, 6.45) is 2.64. The summed E-state index contributed by atoms with van der Waals surface area (Å²) in [6, 6.07) is 0. The van der Waals surface area contributed by atoms with E-state index in [0.29, 0.717) is 25.0 Å². The maximum atomic E-state index is 10.5. The number of ether oxygens (including phenoxy) is 1. The summed E-state index contributed by atoms with van der Waals surface area (Å²) in [5, 5.41) is 10.5. The highest BCUT2D eigenvalue weighted by atomic mass is 35.5. The van der Waals surface area contributed by atoms with Crippen LogP contribution < -0.4 is 10.0 Å². The molecule has 1 aromatic rings. The number of rotatable bonds is 0. The Morgan fingerprint density at radius 2 is 2.25 bits per heavy atom. The Balaban J connectivity index is 0.000000177. The normalized spacial score (nSPS) is 23.8. The molecule has 1 N–H and O–H groups in total. The van der Waals surface area contributed by atoms with Crippen LogP contribution in [0.1, 0.15) is 32.0 Å². The first-order chi connectivity index (χ1) is 11.3. The van der Waals surface area contributed by atoms with Crippen molar-refractivity contribution in [2.45, 2.75) is 44.8 Å². The van der Waals surface area contributed by atoms with E-state index >= 15 is 0 Å². The predicted molar refractivity (Wildman–Crippen MR) is 87.6 cm³/mol. The Morgan fingerprint density at radius 1 is 1.50 bits per heavy atom. The number of alkyl halides is 1. The van der Waals surface area contributed by atoms with E-state index in [0.717, 1.165) is 31.0 Å². The minimum atomic E-state index is -1.13. The molecule has 2 aliphatic heterocycles. The van der Waals surface area contributed by atoms with Crippen LogP contribution in [-0.4, -0.2) is 58.3 Å². The Labute approximate surface area is 147 Å². The van der Waals surface area contributed by atoms with Crippen LogP contribution in [0.15, 0.2) is 12.5 Å². The van der Waals surface area contributed by atoms with Crippen LogP contribution in [0.25, 0.3) is 0 Å². The maximum absolute atomic E-state index is 10.5. The number of carboxylic acid groups (broad SMARTS) is 1. The van der Waals surface area contributed by atoms with Crippen molar-refractivity contribution in [1.82, 2.24) is 14.9 Å². The summed E-state index contributed by atoms with van der Waals surface area (Å²) in [4.78, 5) is 21.2. The lowest BCUT2D eigenvalue weighted by molar-refractivity contribution is -0.955. The molecule has 7 nitrogen and oxygen atoms in total. The molecule has 0 bridgehead atoms. The fourth-order valence-electron chi connectivity index (χ4n) is 2.77. The van der Waals surface area contributed by atoms with Gasteiger partial charge in [0.15, 0.2) is 5.56 Å². The summed E-state index contributed by atoms with van der Waals surface area (Å²) in [6.45, 7) is 10.3. The predicted octanol–water partition coefficient (Wildman–Crippen LogP) is -0.557. The molecule has 0 aromatic carbocycles. The quantitative estimate of drug-likeness (QED) is 0.630. The third kappa shape index (κ3) is 5.29. The van der Waals surface area contributed by atoms with Gasteiger partial charge in [-0.15, -0.1) is 0 Å². The molecule has 3 heterocycles. The minimum Gasteiger partial charge on any atom is -0.530 e. The Kier molecular flexibility index (Phi) is 6.37. The number of amides is 1. The molecule has 1 aromatic heterocycles. The first-order valence-electron chi connectivity index (χ1n) is 8.12. The molecule has 1 saturated heterocycles. The van der Waals surface area contributed by atoms with Gasteiger partial charge in [0.25, 0.3) is 0 Å². The molecule has 0 aliphatic carbocycles. The largest absolute Gasteiger partial charge is 0.530 e. The van der Waals surface area contributed by atoms with Crippen molar-refractivity contribution in [1.29, 1.82) is 0 Å². The van der Waals surface area contributed by atoms with Gasteiger partial charge >= 0.3 is 0 Å². The van der Waals surface area contributed by atoms with Crippen molar-refractivity contribution in [3.63, 3.8) is 0 Å². The Hall–Kier alpha value is -1.44. The van der Waals surface area contributed by atoms with Crippen LogP contribution in [0.5, 0.6) is 0 Å². The molecule has 0 spiro atoms. The lowest BCUT2D eigenvalue weighted by atomic mass is 10.1. The van der Waals surface area contributed by atoms with Crippen LogP contribution in [0, 0.1) is 0 Å². The Bertz CT molecular complexity index is 564. The molecule has 8 heteroatoms. The third-order valence-corrected chi connectivity index (χ3v) is 4.57. The SMILES string of the molecule is CC(C)(C)[NH+]1CCOC(Cl)C1.O=C([O-])N1CCc2ncncc2C1. The molecule has 1 fully saturated rings. The number of hydrogen-bond donors (Lipinski definition) is 1. The summed E-state index contributed by atoms with van der Waals surface area (Å²) < 4.78 is 5.25. The van der Waals surface area contributed by atoms with E-state index in [-0.39, 0.29) is 5.56 Å². The van der Waals surface area contributed by atoms with E-state index in [9.17, 15) is 9.90 Å². The number of carbonyl (C=O) groups is 1. The summed E-state index contributed by atoms with van der Waals surface area (Å²) in [5.74, 6) is 0. The lowest BCUT2D eigenvalue weighted by Crippen LogP contribution is -3.21. The molecule has 2 unspecified atom stereocenters. The number of carbonyl (C=O) groups excluding carboxylic acids is 1. The van der Waals surface area contributed by atoms with E-state index < -0.39 is 6.09 Å². The highest BCUT2D eigenvalue weighted by Gasteiger charge is 2.30. The fraction of sp³-hybridized carbons (Fsp3) is 0.688. The smallest absolute Gasteiger partial charge is 0.179 e. The Morgan fingerprint density at radius 3 is 2.83 bits per heavy atom. The van der Waals surface area contributed by atoms with Crippen LogP contribution >= 0.6 is 11.6 Å². The summed E-state index contributed by atoms with van der Waals surface area (Å²) in [7, 11) is 0. The molecule has 2 aliphatic rings. The van der Waals surface area contributed by atoms with E-state index in [1.807, 2.05) is 0 Å². The van der Waals surface area contributed by atoms with Crippen molar-refractivity contribution in [3.8, 4) is 0 Å². The molecule has 1 amide bonds. The van der Waals surface area contributed by atoms with Gasteiger partial charge in [-0.2, -0.15) is 0 Å². The van der Waals surface area contributed by atoms with Crippen molar-refractivity contribution in [2.24, 2.45) is 0 Å². The van der Waals surface area contributed by atoms with E-state index in [2.05, 4.69) is 30.7 Å². The van der Waals surface area contributed by atoms with Crippen molar-refractivity contribution in [2.75, 3.05) is 26.2 Å². The first-order valence-corrected chi connectivity index (χ1v) is 8.55. The van der Waals surface area contributed by atoms with Crippen LogP contribution in [-0.2, 0) is 17.7 Å². The number of morpholine rings is 1. The number of nitrogens with zero attached hydrogens (tertiary/aromatic N) is 3. The maximum Gasteiger partial charge on any atom is 0.179 e. The van der Waals surface area contributed by atoms with Crippen molar-refractivity contribution < 1.29 is 19.5 Å². The molecule has 3 rings (SSSR count). The number of hydrogen-bond acceptors (Lipinski definition) is 5. The number of quaternary nitrogens is 1. The molecule has 2 atom stereocenters. The minimum absolute atomic E-state index is 0.0852. The van der Waals surface area contributed by atoms with Gasteiger partial charge in [0.1, 0.15) is 25.5 Å². The highest BCUT2D eigenvalue weighted by molar-refractivity contribution is 6.19. The van der Waals surface area contributed by atoms with Crippen LogP contribution in [0.4, 0.5) is 4.79 Å². The zero-order chi connectivity index (χ0) is 17.7. The summed E-state index contributed by atoms with van der Waals surface area (Å²) >= 11 is 5.87. The monoisotopic (exact) mass is 356 g/mol. The van der Waals surface area contributed by atoms with Gasteiger partial charge < -0.3 is 24.4 Å². The fourth-order valence-corrected chi connectivity index (χ4v) is 3.04. The van der Waals surface area contributed by atoms with E-state index in [1.165, 1.54) is 16.1 Å². The molecule has 134 valence electrons. The first kappa shape index (κ1) is 18.9. The van der Waals surface area contributed by atoms with Gasteiger partial charge in [0.2, 0.25) is 0 Å². The molecule has 24 heavy (non-hydrogen) atoms. The molecule has 0 saturated carbocycles. The van der Waals surface area contributed by atoms with Gasteiger partial charge in [0, 0.05) is 31.3 Å². The van der Waals surface area contributed by atoms with E-state index in [1.54, 1.807) is 6.20 Å².